The fourth-order valence-corrected chi connectivity index (χ4v) is 2.47. The minimum atomic E-state index is -0.141. The molecule has 1 heterocycles. The lowest BCUT2D eigenvalue weighted by atomic mass is 9.83. The van der Waals surface area contributed by atoms with Gasteiger partial charge in [-0.25, -0.2) is 0 Å². The molecule has 0 aliphatic carbocycles. The number of rotatable bonds is 6. The second-order valence-corrected chi connectivity index (χ2v) is 6.79. The van der Waals surface area contributed by atoms with Gasteiger partial charge in [0.15, 0.2) is 17.3 Å². The van der Waals surface area contributed by atoms with E-state index in [9.17, 15) is 4.79 Å². The molecule has 128 valence electrons. The first-order valence-corrected chi connectivity index (χ1v) is 7.90. The molecule has 5 heteroatoms. The normalized spacial score (nSPS) is 17.4. The molecule has 0 aromatic heterocycles. The molecule has 1 aliphatic rings. The van der Waals surface area contributed by atoms with Crippen molar-refractivity contribution in [1.82, 2.24) is 0 Å². The zero-order valence-corrected chi connectivity index (χ0v) is 14.6. The minimum Gasteiger partial charge on any atom is -0.493 e. The molecule has 0 radical (unpaired) electrons. The number of carbonyl (C=O) groups is 1. The molecular formula is C18H26O5. The monoisotopic (exact) mass is 322 g/mol. The van der Waals surface area contributed by atoms with Gasteiger partial charge in [0.25, 0.3) is 0 Å². The highest BCUT2D eigenvalue weighted by molar-refractivity contribution is 6.00. The van der Waals surface area contributed by atoms with Crippen LogP contribution in [0.25, 0.3) is 0 Å². The van der Waals surface area contributed by atoms with Gasteiger partial charge in [-0.1, -0.05) is 20.8 Å². The van der Waals surface area contributed by atoms with Crippen molar-refractivity contribution in [1.29, 1.82) is 0 Å². The highest BCUT2D eigenvalue weighted by Crippen LogP contribution is 2.41. The number of ether oxygens (including phenoxy) is 4. The van der Waals surface area contributed by atoms with Crippen LogP contribution in [-0.2, 0) is 4.74 Å². The van der Waals surface area contributed by atoms with Crippen molar-refractivity contribution in [2.75, 3.05) is 27.4 Å². The summed E-state index contributed by atoms with van der Waals surface area (Å²) < 4.78 is 22.2. The van der Waals surface area contributed by atoms with Crippen LogP contribution in [0.1, 0.15) is 44.0 Å². The highest BCUT2D eigenvalue weighted by Gasteiger charge is 2.35. The molecule has 23 heavy (non-hydrogen) atoms. The molecule has 0 spiro atoms. The lowest BCUT2D eigenvalue weighted by Gasteiger charge is -2.34. The zero-order valence-electron chi connectivity index (χ0n) is 14.6. The van der Waals surface area contributed by atoms with Crippen molar-refractivity contribution >= 4 is 5.78 Å². The Balaban J connectivity index is 2.25. The van der Waals surface area contributed by atoms with Gasteiger partial charge in [0, 0.05) is 32.6 Å². The van der Waals surface area contributed by atoms with E-state index >= 15 is 0 Å². The van der Waals surface area contributed by atoms with Crippen molar-refractivity contribution in [2.24, 2.45) is 5.41 Å². The molecule has 1 aliphatic heterocycles. The number of carbonyl (C=O) groups excluding carboxylic acids is 1. The van der Waals surface area contributed by atoms with Crippen LogP contribution in [0.5, 0.6) is 17.2 Å². The molecule has 0 saturated carbocycles. The third-order valence-electron chi connectivity index (χ3n) is 3.92. The van der Waals surface area contributed by atoms with Gasteiger partial charge in [-0.05, 0) is 11.5 Å². The summed E-state index contributed by atoms with van der Waals surface area (Å²) >= 11 is 0. The van der Waals surface area contributed by atoms with Crippen LogP contribution in [0.15, 0.2) is 12.1 Å². The molecule has 1 aromatic rings. The third-order valence-corrected chi connectivity index (χ3v) is 3.92. The maximum Gasteiger partial charge on any atom is 0.170 e. The summed E-state index contributed by atoms with van der Waals surface area (Å²) in [4.78, 5) is 12.4. The second-order valence-electron chi connectivity index (χ2n) is 6.79. The average Bonchev–Trinajstić information content (AvgIpc) is 2.50. The molecule has 1 atom stereocenters. The van der Waals surface area contributed by atoms with E-state index in [2.05, 4.69) is 20.8 Å². The molecule has 1 aromatic carbocycles. The maximum absolute atomic E-state index is 12.4. The van der Waals surface area contributed by atoms with E-state index in [0.29, 0.717) is 42.4 Å². The predicted molar refractivity (Wildman–Crippen MR) is 87.8 cm³/mol. The number of hydrogen-bond donors (Lipinski definition) is 0. The van der Waals surface area contributed by atoms with Crippen molar-refractivity contribution in [3.8, 4) is 17.2 Å². The summed E-state index contributed by atoms with van der Waals surface area (Å²) in [5, 5.41) is 0. The van der Waals surface area contributed by atoms with Crippen molar-refractivity contribution in [3.63, 3.8) is 0 Å². The van der Waals surface area contributed by atoms with Crippen LogP contribution in [0.2, 0.25) is 0 Å². The zero-order chi connectivity index (χ0) is 17.0. The predicted octanol–water partition coefficient (Wildman–Crippen LogP) is 3.49. The standard InChI is InChI=1S/C18H26O5/c1-18(2,3)17-10-13(19)12-9-15(21-5)16(11-14(12)23-17)22-8-6-7-20-4/h9,11,17H,6-8,10H2,1-5H3/t17-/m1/s1. The van der Waals surface area contributed by atoms with Crippen LogP contribution < -0.4 is 14.2 Å². The van der Waals surface area contributed by atoms with Gasteiger partial charge >= 0.3 is 0 Å². The first kappa shape index (κ1) is 17.6. The van der Waals surface area contributed by atoms with Gasteiger partial charge in [-0.15, -0.1) is 0 Å². The topological polar surface area (TPSA) is 54.0 Å². The van der Waals surface area contributed by atoms with Gasteiger partial charge in [-0.3, -0.25) is 4.79 Å². The summed E-state index contributed by atoms with van der Waals surface area (Å²) in [7, 11) is 3.22. The molecular weight excluding hydrogens is 296 g/mol. The van der Waals surface area contributed by atoms with E-state index in [-0.39, 0.29) is 17.3 Å². The van der Waals surface area contributed by atoms with E-state index in [1.54, 1.807) is 26.4 Å². The number of Topliss-reactive ketones (excluding diaryl/α,β-unsaturated/α-hetero) is 1. The summed E-state index contributed by atoms with van der Waals surface area (Å²) in [6.45, 7) is 7.36. The quantitative estimate of drug-likeness (QED) is 0.750. The number of methoxy groups -OCH3 is 2. The van der Waals surface area contributed by atoms with Crippen LogP contribution in [0.3, 0.4) is 0 Å². The second kappa shape index (κ2) is 7.21. The molecule has 2 rings (SSSR count). The molecule has 0 saturated heterocycles. The fraction of sp³-hybridized carbons (Fsp3) is 0.611. The summed E-state index contributed by atoms with van der Waals surface area (Å²) in [6, 6.07) is 3.47. The first-order chi connectivity index (χ1) is 10.9. The SMILES string of the molecule is COCCCOc1cc2c(cc1OC)C(=O)C[C@H](C(C)(C)C)O2. The Kier molecular flexibility index (Phi) is 5.52. The van der Waals surface area contributed by atoms with E-state index in [0.717, 1.165) is 6.42 Å². The van der Waals surface area contributed by atoms with Crippen LogP contribution in [-0.4, -0.2) is 39.3 Å². The Morgan fingerprint density at radius 1 is 1.17 bits per heavy atom. The largest absolute Gasteiger partial charge is 0.493 e. The number of ketones is 1. The van der Waals surface area contributed by atoms with E-state index in [4.69, 9.17) is 18.9 Å². The van der Waals surface area contributed by atoms with E-state index < -0.39 is 0 Å². The molecule has 5 nitrogen and oxygen atoms in total. The molecule has 0 N–H and O–H groups in total. The molecule has 0 amide bonds. The summed E-state index contributed by atoms with van der Waals surface area (Å²) in [5.41, 5.74) is 0.457. The van der Waals surface area contributed by atoms with Crippen LogP contribution in [0, 0.1) is 5.41 Å². The van der Waals surface area contributed by atoms with Crippen LogP contribution >= 0.6 is 0 Å². The van der Waals surface area contributed by atoms with Crippen molar-refractivity contribution in [2.45, 2.75) is 39.7 Å². The average molecular weight is 322 g/mol. The lowest BCUT2D eigenvalue weighted by molar-refractivity contribution is 0.0541. The van der Waals surface area contributed by atoms with Gasteiger partial charge in [0.2, 0.25) is 0 Å². The lowest BCUT2D eigenvalue weighted by Crippen LogP contribution is -2.37. The Morgan fingerprint density at radius 2 is 1.91 bits per heavy atom. The molecule has 0 unspecified atom stereocenters. The van der Waals surface area contributed by atoms with Crippen molar-refractivity contribution < 1.29 is 23.7 Å². The Hall–Kier alpha value is -1.75. The first-order valence-electron chi connectivity index (χ1n) is 7.90. The van der Waals surface area contributed by atoms with Gasteiger partial charge in [0.05, 0.1) is 19.3 Å². The number of fused-ring (bicyclic) bond motifs is 1. The Labute approximate surface area is 137 Å². The number of hydrogen-bond acceptors (Lipinski definition) is 5. The maximum atomic E-state index is 12.4. The van der Waals surface area contributed by atoms with Gasteiger partial charge < -0.3 is 18.9 Å². The summed E-state index contributed by atoms with van der Waals surface area (Å²) in [6.07, 6.45) is 1.02. The Bertz CT molecular complexity index is 559. The van der Waals surface area contributed by atoms with E-state index in [1.165, 1.54) is 0 Å². The van der Waals surface area contributed by atoms with Crippen molar-refractivity contribution in [3.05, 3.63) is 17.7 Å². The van der Waals surface area contributed by atoms with Crippen LogP contribution in [0.4, 0.5) is 0 Å². The fourth-order valence-electron chi connectivity index (χ4n) is 2.47. The smallest absolute Gasteiger partial charge is 0.170 e. The van der Waals surface area contributed by atoms with Gasteiger partial charge in [-0.2, -0.15) is 0 Å². The third kappa shape index (κ3) is 4.16. The van der Waals surface area contributed by atoms with Gasteiger partial charge in [0.1, 0.15) is 11.9 Å². The summed E-state index contributed by atoms with van der Waals surface area (Å²) in [5.74, 6) is 1.79. The number of benzene rings is 1. The highest BCUT2D eigenvalue weighted by atomic mass is 16.5. The Morgan fingerprint density at radius 3 is 2.52 bits per heavy atom. The van der Waals surface area contributed by atoms with E-state index in [1.807, 2.05) is 0 Å². The molecule has 0 bridgehead atoms. The molecule has 0 fully saturated rings. The minimum absolute atomic E-state index is 0.0791.